The second kappa shape index (κ2) is 6.70. The third-order valence-corrected chi connectivity index (χ3v) is 6.11. The standard InChI is InChI=1S/C15H20N2O2S2/c1-11(2)12-5-7-13(8-6-12)14(16)10-17-21(18,19)15-4-3-9-20-15/h3-9,11,14,17H,10,16H2,1-2H3. The summed E-state index contributed by atoms with van der Waals surface area (Å²) in [6, 6.07) is 10.9. The summed E-state index contributed by atoms with van der Waals surface area (Å²) in [6.07, 6.45) is 0. The fourth-order valence-corrected chi connectivity index (χ4v) is 4.03. The first-order valence-electron chi connectivity index (χ1n) is 6.79. The van der Waals surface area contributed by atoms with Crippen molar-refractivity contribution in [3.05, 3.63) is 52.9 Å². The zero-order valence-corrected chi connectivity index (χ0v) is 13.7. The van der Waals surface area contributed by atoms with E-state index >= 15 is 0 Å². The smallest absolute Gasteiger partial charge is 0.250 e. The van der Waals surface area contributed by atoms with Crippen LogP contribution < -0.4 is 10.5 Å². The number of hydrogen-bond donors (Lipinski definition) is 2. The van der Waals surface area contributed by atoms with Gasteiger partial charge in [0.15, 0.2) is 0 Å². The van der Waals surface area contributed by atoms with E-state index in [1.54, 1.807) is 17.5 Å². The molecular weight excluding hydrogens is 304 g/mol. The lowest BCUT2D eigenvalue weighted by atomic mass is 9.99. The van der Waals surface area contributed by atoms with Gasteiger partial charge in [-0.15, -0.1) is 11.3 Å². The van der Waals surface area contributed by atoms with Crippen molar-refractivity contribution in [2.24, 2.45) is 5.73 Å². The summed E-state index contributed by atoms with van der Waals surface area (Å²) in [6.45, 7) is 4.44. The Kier molecular flexibility index (Phi) is 5.16. The summed E-state index contributed by atoms with van der Waals surface area (Å²) < 4.78 is 26.9. The van der Waals surface area contributed by atoms with Crippen molar-refractivity contribution in [2.75, 3.05) is 6.54 Å². The molecule has 0 aliphatic rings. The molecule has 1 atom stereocenters. The van der Waals surface area contributed by atoms with Gasteiger partial charge in [-0.25, -0.2) is 13.1 Å². The molecule has 6 heteroatoms. The summed E-state index contributed by atoms with van der Waals surface area (Å²) in [4.78, 5) is 0. The normalized spacial score (nSPS) is 13.5. The average Bonchev–Trinajstić information content (AvgIpc) is 3.00. The molecule has 3 N–H and O–H groups in total. The van der Waals surface area contributed by atoms with Gasteiger partial charge in [0.2, 0.25) is 10.0 Å². The molecule has 1 heterocycles. The Balaban J connectivity index is 2.00. The van der Waals surface area contributed by atoms with E-state index in [1.807, 2.05) is 24.3 Å². The van der Waals surface area contributed by atoms with Crippen LogP contribution in [-0.2, 0) is 10.0 Å². The van der Waals surface area contributed by atoms with Gasteiger partial charge in [0.05, 0.1) is 0 Å². The molecule has 0 spiro atoms. The zero-order valence-electron chi connectivity index (χ0n) is 12.1. The number of sulfonamides is 1. The van der Waals surface area contributed by atoms with Crippen molar-refractivity contribution in [3.63, 3.8) is 0 Å². The van der Waals surface area contributed by atoms with Crippen LogP contribution in [0.4, 0.5) is 0 Å². The molecule has 4 nitrogen and oxygen atoms in total. The van der Waals surface area contributed by atoms with Gasteiger partial charge < -0.3 is 5.73 Å². The molecule has 1 aromatic carbocycles. The average molecular weight is 324 g/mol. The lowest BCUT2D eigenvalue weighted by Gasteiger charge is -2.14. The Morgan fingerprint density at radius 1 is 1.14 bits per heavy atom. The highest BCUT2D eigenvalue weighted by molar-refractivity contribution is 7.91. The Morgan fingerprint density at radius 2 is 1.76 bits per heavy atom. The number of nitrogens with two attached hydrogens (primary N) is 1. The molecule has 1 unspecified atom stereocenters. The Hall–Kier alpha value is -1.21. The van der Waals surface area contributed by atoms with Gasteiger partial charge in [-0.1, -0.05) is 44.2 Å². The first kappa shape index (κ1) is 16.2. The second-order valence-corrected chi connectivity index (χ2v) is 8.15. The minimum Gasteiger partial charge on any atom is -0.323 e. The van der Waals surface area contributed by atoms with Crippen LogP contribution in [0.2, 0.25) is 0 Å². The molecule has 0 radical (unpaired) electrons. The van der Waals surface area contributed by atoms with Crippen LogP contribution >= 0.6 is 11.3 Å². The van der Waals surface area contributed by atoms with Crippen LogP contribution in [0.25, 0.3) is 0 Å². The van der Waals surface area contributed by atoms with Crippen LogP contribution in [0.3, 0.4) is 0 Å². The maximum Gasteiger partial charge on any atom is 0.250 e. The first-order valence-corrected chi connectivity index (χ1v) is 9.15. The predicted octanol–water partition coefficient (Wildman–Crippen LogP) is 2.85. The largest absolute Gasteiger partial charge is 0.323 e. The van der Waals surface area contributed by atoms with E-state index in [0.717, 1.165) is 5.56 Å². The minimum atomic E-state index is -3.45. The van der Waals surface area contributed by atoms with E-state index in [2.05, 4.69) is 18.6 Å². The molecule has 0 aliphatic heterocycles. The van der Waals surface area contributed by atoms with Gasteiger partial charge in [-0.05, 0) is 28.5 Å². The van der Waals surface area contributed by atoms with Crippen molar-refractivity contribution in [3.8, 4) is 0 Å². The number of thiophene rings is 1. The van der Waals surface area contributed by atoms with Crippen LogP contribution in [0, 0.1) is 0 Å². The minimum absolute atomic E-state index is 0.182. The SMILES string of the molecule is CC(C)c1ccc(C(N)CNS(=O)(=O)c2cccs2)cc1. The van der Waals surface area contributed by atoms with E-state index in [0.29, 0.717) is 10.1 Å². The van der Waals surface area contributed by atoms with Gasteiger partial charge in [-0.2, -0.15) is 0 Å². The molecule has 0 bridgehead atoms. The van der Waals surface area contributed by atoms with Crippen molar-refractivity contribution in [1.82, 2.24) is 4.72 Å². The number of hydrogen-bond acceptors (Lipinski definition) is 4. The number of nitrogens with one attached hydrogen (secondary N) is 1. The molecule has 0 aliphatic carbocycles. The quantitative estimate of drug-likeness (QED) is 0.858. The van der Waals surface area contributed by atoms with Crippen molar-refractivity contribution >= 4 is 21.4 Å². The zero-order chi connectivity index (χ0) is 15.5. The Labute approximate surface area is 130 Å². The van der Waals surface area contributed by atoms with E-state index in [-0.39, 0.29) is 12.6 Å². The molecule has 21 heavy (non-hydrogen) atoms. The molecule has 2 aromatic rings. The van der Waals surface area contributed by atoms with Gasteiger partial charge >= 0.3 is 0 Å². The van der Waals surface area contributed by atoms with E-state index < -0.39 is 10.0 Å². The summed E-state index contributed by atoms with van der Waals surface area (Å²) in [5.41, 5.74) is 8.22. The van der Waals surface area contributed by atoms with Gasteiger partial charge in [0.25, 0.3) is 0 Å². The number of benzene rings is 1. The summed E-state index contributed by atoms with van der Waals surface area (Å²) in [7, 11) is -3.45. The lowest BCUT2D eigenvalue weighted by molar-refractivity contribution is 0.574. The molecule has 0 saturated heterocycles. The highest BCUT2D eigenvalue weighted by atomic mass is 32.2. The van der Waals surface area contributed by atoms with Crippen LogP contribution in [-0.4, -0.2) is 15.0 Å². The molecule has 114 valence electrons. The van der Waals surface area contributed by atoms with Crippen LogP contribution in [0.5, 0.6) is 0 Å². The summed E-state index contributed by atoms with van der Waals surface area (Å²) in [5, 5.41) is 1.74. The number of rotatable bonds is 6. The molecule has 0 fully saturated rings. The molecular formula is C15H20N2O2S2. The molecule has 1 aromatic heterocycles. The second-order valence-electron chi connectivity index (χ2n) is 5.21. The van der Waals surface area contributed by atoms with Crippen molar-refractivity contribution in [2.45, 2.75) is 30.0 Å². The van der Waals surface area contributed by atoms with Crippen LogP contribution in [0.15, 0.2) is 46.0 Å². The summed E-state index contributed by atoms with van der Waals surface area (Å²) in [5.74, 6) is 0.465. The Morgan fingerprint density at radius 3 is 2.29 bits per heavy atom. The Bertz CT molecular complexity index is 662. The maximum atomic E-state index is 12.0. The van der Waals surface area contributed by atoms with E-state index in [9.17, 15) is 8.42 Å². The van der Waals surface area contributed by atoms with Crippen molar-refractivity contribution in [1.29, 1.82) is 0 Å². The molecule has 2 rings (SSSR count). The van der Waals surface area contributed by atoms with Gasteiger partial charge in [0.1, 0.15) is 4.21 Å². The van der Waals surface area contributed by atoms with E-state index in [1.165, 1.54) is 16.9 Å². The predicted molar refractivity (Wildman–Crippen MR) is 87.0 cm³/mol. The summed E-state index contributed by atoms with van der Waals surface area (Å²) >= 11 is 1.19. The highest BCUT2D eigenvalue weighted by Gasteiger charge is 2.16. The van der Waals surface area contributed by atoms with Gasteiger partial charge in [-0.3, -0.25) is 0 Å². The fourth-order valence-electron chi connectivity index (χ4n) is 1.93. The molecule has 0 saturated carbocycles. The van der Waals surface area contributed by atoms with Crippen molar-refractivity contribution < 1.29 is 8.42 Å². The first-order chi connectivity index (χ1) is 9.90. The third-order valence-electron chi connectivity index (χ3n) is 3.28. The highest BCUT2D eigenvalue weighted by Crippen LogP contribution is 2.19. The van der Waals surface area contributed by atoms with Gasteiger partial charge in [0, 0.05) is 12.6 Å². The fraction of sp³-hybridized carbons (Fsp3) is 0.333. The monoisotopic (exact) mass is 324 g/mol. The third kappa shape index (κ3) is 4.14. The topological polar surface area (TPSA) is 72.2 Å². The van der Waals surface area contributed by atoms with Crippen LogP contribution in [0.1, 0.15) is 36.9 Å². The maximum absolute atomic E-state index is 12.0. The van der Waals surface area contributed by atoms with E-state index in [4.69, 9.17) is 5.73 Å². The lowest BCUT2D eigenvalue weighted by Crippen LogP contribution is -2.31. The molecule has 0 amide bonds.